The topological polar surface area (TPSA) is 70.1 Å². The van der Waals surface area contributed by atoms with Crippen LogP contribution in [0.2, 0.25) is 0 Å². The largest absolute Gasteiger partial charge is 0.373 e. The summed E-state index contributed by atoms with van der Waals surface area (Å²) in [5, 5.41) is 10.9. The number of aliphatic hydroxyl groups is 1. The average Bonchev–Trinajstić information content (AvgIpc) is 3.09. The molecule has 0 spiro atoms. The van der Waals surface area contributed by atoms with Crippen molar-refractivity contribution in [3.8, 4) is 0 Å². The molecule has 0 bridgehead atoms. The van der Waals surface area contributed by atoms with E-state index in [1.54, 1.807) is 4.90 Å². The van der Waals surface area contributed by atoms with Gasteiger partial charge in [0.1, 0.15) is 0 Å². The predicted octanol–water partition coefficient (Wildman–Crippen LogP) is 2.36. The van der Waals surface area contributed by atoms with Gasteiger partial charge < -0.3 is 19.6 Å². The summed E-state index contributed by atoms with van der Waals surface area (Å²) in [6, 6.07) is 19.1. The number of rotatable bonds is 5. The Bertz CT molecular complexity index is 850. The highest BCUT2D eigenvalue weighted by Crippen LogP contribution is 2.31. The molecule has 2 aliphatic heterocycles. The Hall–Kier alpha value is -2.70. The van der Waals surface area contributed by atoms with E-state index in [-0.39, 0.29) is 12.5 Å². The predicted molar refractivity (Wildman–Crippen MR) is 109 cm³/mol. The van der Waals surface area contributed by atoms with Gasteiger partial charge in [-0.2, -0.15) is 0 Å². The summed E-state index contributed by atoms with van der Waals surface area (Å²) in [5.74, 6) is -1.02. The number of ether oxygens (including phenoxy) is 1. The van der Waals surface area contributed by atoms with Gasteiger partial charge in [-0.25, -0.2) is 0 Å². The number of nitrogens with zero attached hydrogens (tertiary/aromatic N) is 2. The van der Waals surface area contributed by atoms with Gasteiger partial charge in [0, 0.05) is 31.7 Å². The molecule has 0 radical (unpaired) electrons. The second kappa shape index (κ2) is 8.35. The molecule has 152 valence electrons. The van der Waals surface area contributed by atoms with Gasteiger partial charge in [0.15, 0.2) is 0 Å². The first-order chi connectivity index (χ1) is 14.1. The molecule has 2 heterocycles. The molecular formula is C23H26N2O4. The number of carbonyl (C=O) groups is 2. The lowest BCUT2D eigenvalue weighted by Gasteiger charge is -2.35. The Morgan fingerprint density at radius 2 is 1.62 bits per heavy atom. The van der Waals surface area contributed by atoms with Gasteiger partial charge in [0.25, 0.3) is 11.8 Å². The number of para-hydroxylation sites is 1. The van der Waals surface area contributed by atoms with Crippen molar-refractivity contribution in [1.82, 2.24) is 4.90 Å². The van der Waals surface area contributed by atoms with Gasteiger partial charge in [0.2, 0.25) is 5.60 Å². The highest BCUT2D eigenvalue weighted by atomic mass is 16.5. The fraction of sp³-hybridized carbons (Fsp3) is 0.391. The van der Waals surface area contributed by atoms with Crippen LogP contribution in [0, 0.1) is 0 Å². The zero-order valence-corrected chi connectivity index (χ0v) is 16.4. The molecule has 0 aromatic heterocycles. The molecule has 2 aliphatic rings. The third-order valence-corrected chi connectivity index (χ3v) is 5.78. The number of likely N-dealkylation sites (tertiary alicyclic amines) is 1. The van der Waals surface area contributed by atoms with Gasteiger partial charge in [-0.15, -0.1) is 0 Å². The van der Waals surface area contributed by atoms with E-state index in [1.165, 1.54) is 4.90 Å². The molecule has 0 unspecified atom stereocenters. The molecule has 2 aromatic carbocycles. The van der Waals surface area contributed by atoms with Crippen LogP contribution in [0.15, 0.2) is 60.7 Å². The summed E-state index contributed by atoms with van der Waals surface area (Å²) in [6.45, 7) is 1.86. The minimum Gasteiger partial charge on any atom is -0.373 e. The van der Waals surface area contributed by atoms with Gasteiger partial charge in [-0.1, -0.05) is 48.5 Å². The lowest BCUT2D eigenvalue weighted by atomic mass is 9.98. The van der Waals surface area contributed by atoms with Crippen LogP contribution in [-0.4, -0.2) is 53.2 Å². The molecule has 29 heavy (non-hydrogen) atoms. The zero-order chi connectivity index (χ0) is 20.3. The summed E-state index contributed by atoms with van der Waals surface area (Å²) in [5.41, 5.74) is -0.139. The number of piperidine rings is 1. The summed E-state index contributed by atoms with van der Waals surface area (Å²) >= 11 is 0. The normalized spacial score (nSPS) is 22.9. The van der Waals surface area contributed by atoms with Crippen LogP contribution in [0.1, 0.15) is 24.8 Å². The number of anilines is 1. The molecule has 2 aromatic rings. The van der Waals surface area contributed by atoms with Crippen LogP contribution in [0.4, 0.5) is 5.69 Å². The standard InChI is InChI=1S/C23H26N2O4/c26-21(23(28)13-16-25(22(23)27)19-9-5-2-6-10-19)24-14-11-20(12-15-24)29-17-18-7-3-1-4-8-18/h1-10,20,28H,11-17H2/t23-/m0/s1. The number of benzene rings is 2. The van der Waals surface area contributed by atoms with Crippen molar-refractivity contribution in [1.29, 1.82) is 0 Å². The molecule has 2 saturated heterocycles. The van der Waals surface area contributed by atoms with E-state index in [9.17, 15) is 14.7 Å². The minimum absolute atomic E-state index is 0.0778. The van der Waals surface area contributed by atoms with Gasteiger partial charge >= 0.3 is 0 Å². The van der Waals surface area contributed by atoms with Gasteiger partial charge in [-0.05, 0) is 30.5 Å². The van der Waals surface area contributed by atoms with Crippen molar-refractivity contribution in [3.63, 3.8) is 0 Å². The fourth-order valence-corrected chi connectivity index (χ4v) is 4.03. The average molecular weight is 394 g/mol. The minimum atomic E-state index is -1.96. The summed E-state index contributed by atoms with van der Waals surface area (Å²) < 4.78 is 5.97. The van der Waals surface area contributed by atoms with Crippen LogP contribution < -0.4 is 4.90 Å². The highest BCUT2D eigenvalue weighted by Gasteiger charge is 2.53. The number of hydrogen-bond acceptors (Lipinski definition) is 4. The maximum Gasteiger partial charge on any atom is 0.268 e. The zero-order valence-electron chi connectivity index (χ0n) is 16.4. The van der Waals surface area contributed by atoms with Crippen molar-refractivity contribution in [2.24, 2.45) is 0 Å². The first kappa shape index (κ1) is 19.6. The van der Waals surface area contributed by atoms with E-state index in [4.69, 9.17) is 4.74 Å². The second-order valence-electron chi connectivity index (χ2n) is 7.69. The second-order valence-corrected chi connectivity index (χ2v) is 7.69. The summed E-state index contributed by atoms with van der Waals surface area (Å²) in [4.78, 5) is 28.9. The van der Waals surface area contributed by atoms with Crippen molar-refractivity contribution in [3.05, 3.63) is 66.2 Å². The van der Waals surface area contributed by atoms with E-state index in [2.05, 4.69) is 0 Å². The number of hydrogen-bond donors (Lipinski definition) is 1. The van der Waals surface area contributed by atoms with Crippen molar-refractivity contribution < 1.29 is 19.4 Å². The van der Waals surface area contributed by atoms with E-state index in [1.807, 2.05) is 60.7 Å². The molecule has 2 amide bonds. The van der Waals surface area contributed by atoms with E-state index in [0.29, 0.717) is 44.8 Å². The Morgan fingerprint density at radius 3 is 2.28 bits per heavy atom. The third kappa shape index (κ3) is 4.04. The quantitative estimate of drug-likeness (QED) is 0.791. The smallest absolute Gasteiger partial charge is 0.268 e. The van der Waals surface area contributed by atoms with Gasteiger partial charge in [0.05, 0.1) is 12.7 Å². The molecule has 0 aliphatic carbocycles. The fourth-order valence-electron chi connectivity index (χ4n) is 4.03. The number of amides is 2. The summed E-state index contributed by atoms with van der Waals surface area (Å²) in [6.07, 6.45) is 1.59. The first-order valence-corrected chi connectivity index (χ1v) is 10.1. The maximum atomic E-state index is 13.0. The monoisotopic (exact) mass is 394 g/mol. The molecule has 0 saturated carbocycles. The van der Waals surface area contributed by atoms with Crippen molar-refractivity contribution in [2.75, 3.05) is 24.5 Å². The van der Waals surface area contributed by atoms with Crippen LogP contribution in [0.5, 0.6) is 0 Å². The van der Waals surface area contributed by atoms with Gasteiger partial charge in [-0.3, -0.25) is 9.59 Å². The molecule has 6 nitrogen and oxygen atoms in total. The molecule has 4 rings (SSSR count). The van der Waals surface area contributed by atoms with Crippen molar-refractivity contribution in [2.45, 2.75) is 37.6 Å². The van der Waals surface area contributed by atoms with E-state index in [0.717, 1.165) is 5.56 Å². The SMILES string of the molecule is O=C(N1CCC(OCc2ccccc2)CC1)[C@@]1(O)CCN(c2ccccc2)C1=O. The Labute approximate surface area is 170 Å². The molecular weight excluding hydrogens is 368 g/mol. The van der Waals surface area contributed by atoms with E-state index < -0.39 is 17.4 Å². The van der Waals surface area contributed by atoms with Crippen LogP contribution in [0.25, 0.3) is 0 Å². The molecule has 2 fully saturated rings. The highest BCUT2D eigenvalue weighted by molar-refractivity contribution is 6.16. The lowest BCUT2D eigenvalue weighted by Crippen LogP contribution is -2.56. The third-order valence-electron chi connectivity index (χ3n) is 5.78. The molecule has 1 atom stereocenters. The summed E-state index contributed by atoms with van der Waals surface area (Å²) in [7, 11) is 0. The van der Waals surface area contributed by atoms with Crippen LogP contribution in [0.3, 0.4) is 0 Å². The molecule has 1 N–H and O–H groups in total. The van der Waals surface area contributed by atoms with E-state index >= 15 is 0 Å². The van der Waals surface area contributed by atoms with Crippen molar-refractivity contribution >= 4 is 17.5 Å². The van der Waals surface area contributed by atoms with Crippen LogP contribution in [-0.2, 0) is 20.9 Å². The Kier molecular flexibility index (Phi) is 5.65. The molecule has 6 heteroatoms. The Morgan fingerprint density at radius 1 is 1.00 bits per heavy atom. The Balaban J connectivity index is 1.33. The van der Waals surface area contributed by atoms with Crippen LogP contribution >= 0.6 is 0 Å². The maximum absolute atomic E-state index is 13.0. The lowest BCUT2D eigenvalue weighted by molar-refractivity contribution is -0.159. The number of carbonyl (C=O) groups excluding carboxylic acids is 2. The first-order valence-electron chi connectivity index (χ1n) is 10.1.